The molecule has 1 saturated heterocycles. The molecule has 1 aliphatic rings. The topological polar surface area (TPSA) is 54.5 Å². The van der Waals surface area contributed by atoms with Gasteiger partial charge in [-0.15, -0.1) is 0 Å². The standard InChI is InChI=1S/C10H9Cl2NO3S/c11-7-3-1-4-8(12)10(7)17(15,16)13-6-2-5-9(13)14/h1,3-4H,2,5-6H2. The van der Waals surface area contributed by atoms with E-state index in [0.717, 1.165) is 4.31 Å². The third-order valence-electron chi connectivity index (χ3n) is 2.50. The minimum atomic E-state index is -3.93. The van der Waals surface area contributed by atoms with E-state index in [9.17, 15) is 13.2 Å². The van der Waals surface area contributed by atoms with Gasteiger partial charge in [-0.1, -0.05) is 29.3 Å². The lowest BCUT2D eigenvalue weighted by Gasteiger charge is -2.17. The van der Waals surface area contributed by atoms with Crippen molar-refractivity contribution in [3.05, 3.63) is 28.2 Å². The van der Waals surface area contributed by atoms with Gasteiger partial charge in [0.25, 0.3) is 10.0 Å². The second-order valence-electron chi connectivity index (χ2n) is 3.63. The van der Waals surface area contributed by atoms with E-state index in [4.69, 9.17) is 23.2 Å². The van der Waals surface area contributed by atoms with Crippen LogP contribution in [0.25, 0.3) is 0 Å². The summed E-state index contributed by atoms with van der Waals surface area (Å²) in [4.78, 5) is 11.3. The molecule has 0 aliphatic carbocycles. The number of hydrogen-bond donors (Lipinski definition) is 0. The minimum absolute atomic E-state index is 0.0252. The highest BCUT2D eigenvalue weighted by Gasteiger charge is 2.35. The molecule has 0 saturated carbocycles. The zero-order valence-corrected chi connectivity index (χ0v) is 11.0. The Balaban J connectivity index is 2.56. The number of benzene rings is 1. The number of carbonyl (C=O) groups excluding carboxylic acids is 1. The summed E-state index contributed by atoms with van der Waals surface area (Å²) in [6.07, 6.45) is 0.765. The van der Waals surface area contributed by atoms with Gasteiger partial charge in [-0.2, -0.15) is 0 Å². The minimum Gasteiger partial charge on any atom is -0.274 e. The van der Waals surface area contributed by atoms with Crippen molar-refractivity contribution in [3.8, 4) is 0 Å². The first-order valence-electron chi connectivity index (χ1n) is 4.94. The van der Waals surface area contributed by atoms with Crippen LogP contribution >= 0.6 is 23.2 Å². The molecule has 0 unspecified atom stereocenters. The zero-order chi connectivity index (χ0) is 12.6. The monoisotopic (exact) mass is 293 g/mol. The smallest absolute Gasteiger partial charge is 0.269 e. The highest BCUT2D eigenvalue weighted by Crippen LogP contribution is 2.33. The van der Waals surface area contributed by atoms with Crippen molar-refractivity contribution in [2.75, 3.05) is 6.54 Å². The zero-order valence-electron chi connectivity index (χ0n) is 8.69. The Morgan fingerprint density at radius 3 is 2.24 bits per heavy atom. The Morgan fingerprint density at radius 1 is 1.18 bits per heavy atom. The van der Waals surface area contributed by atoms with Gasteiger partial charge in [0.15, 0.2) is 0 Å². The second-order valence-corrected chi connectivity index (χ2v) is 6.24. The molecule has 1 amide bonds. The molecule has 1 aromatic rings. The maximum atomic E-state index is 12.2. The summed E-state index contributed by atoms with van der Waals surface area (Å²) in [6, 6.07) is 4.41. The van der Waals surface area contributed by atoms with E-state index in [1.54, 1.807) is 6.07 Å². The van der Waals surface area contributed by atoms with Crippen molar-refractivity contribution in [1.82, 2.24) is 4.31 Å². The van der Waals surface area contributed by atoms with E-state index in [-0.39, 0.29) is 27.9 Å². The molecule has 1 heterocycles. The van der Waals surface area contributed by atoms with Crippen LogP contribution in [-0.4, -0.2) is 25.2 Å². The van der Waals surface area contributed by atoms with Gasteiger partial charge >= 0.3 is 0 Å². The largest absolute Gasteiger partial charge is 0.274 e. The molecule has 1 fully saturated rings. The van der Waals surface area contributed by atoms with Gasteiger partial charge in [-0.25, -0.2) is 12.7 Å². The van der Waals surface area contributed by atoms with Crippen LogP contribution < -0.4 is 0 Å². The quantitative estimate of drug-likeness (QED) is 0.841. The first-order chi connectivity index (χ1) is 7.94. The van der Waals surface area contributed by atoms with Gasteiger partial charge in [-0.05, 0) is 18.6 Å². The molecule has 1 aliphatic heterocycles. The van der Waals surface area contributed by atoms with Crippen LogP contribution in [0.2, 0.25) is 10.0 Å². The average molecular weight is 294 g/mol. The third-order valence-corrected chi connectivity index (χ3v) is 5.27. The molecule has 0 bridgehead atoms. The normalized spacial score (nSPS) is 16.6. The maximum Gasteiger partial charge on any atom is 0.269 e. The summed E-state index contributed by atoms with van der Waals surface area (Å²) < 4.78 is 25.3. The van der Waals surface area contributed by atoms with Gasteiger partial charge in [-0.3, -0.25) is 4.79 Å². The molecule has 92 valence electrons. The van der Waals surface area contributed by atoms with Crippen LogP contribution in [0.4, 0.5) is 0 Å². The molecule has 7 heteroatoms. The molecule has 0 aromatic heterocycles. The first-order valence-corrected chi connectivity index (χ1v) is 7.14. The highest BCUT2D eigenvalue weighted by molar-refractivity contribution is 7.90. The molecule has 4 nitrogen and oxygen atoms in total. The van der Waals surface area contributed by atoms with Crippen LogP contribution in [0.5, 0.6) is 0 Å². The SMILES string of the molecule is O=C1CCCN1S(=O)(=O)c1c(Cl)cccc1Cl. The number of amides is 1. The number of hydrogen-bond acceptors (Lipinski definition) is 3. The summed E-state index contributed by atoms with van der Waals surface area (Å²) in [5.74, 6) is -0.416. The fraction of sp³-hybridized carbons (Fsp3) is 0.300. The van der Waals surface area contributed by atoms with E-state index in [1.807, 2.05) is 0 Å². The number of carbonyl (C=O) groups is 1. The Kier molecular flexibility index (Phi) is 3.34. The predicted octanol–water partition coefficient (Wildman–Crippen LogP) is 2.30. The number of sulfonamides is 1. The Hall–Kier alpha value is -0.780. The predicted molar refractivity (Wildman–Crippen MR) is 64.6 cm³/mol. The van der Waals surface area contributed by atoms with Crippen LogP contribution in [-0.2, 0) is 14.8 Å². The molecule has 0 atom stereocenters. The van der Waals surface area contributed by atoms with Gasteiger partial charge < -0.3 is 0 Å². The van der Waals surface area contributed by atoms with Crippen LogP contribution in [0.15, 0.2) is 23.1 Å². The van der Waals surface area contributed by atoms with E-state index < -0.39 is 15.9 Å². The molecular weight excluding hydrogens is 285 g/mol. The van der Waals surface area contributed by atoms with E-state index >= 15 is 0 Å². The fourth-order valence-corrected chi connectivity index (χ4v) is 4.28. The molecule has 0 N–H and O–H groups in total. The van der Waals surface area contributed by atoms with Gasteiger partial charge in [0.05, 0.1) is 10.0 Å². The van der Waals surface area contributed by atoms with Crippen LogP contribution in [0.1, 0.15) is 12.8 Å². The number of nitrogens with zero attached hydrogens (tertiary/aromatic N) is 1. The van der Waals surface area contributed by atoms with Crippen molar-refractivity contribution in [1.29, 1.82) is 0 Å². The van der Waals surface area contributed by atoms with Crippen LogP contribution in [0.3, 0.4) is 0 Å². The number of halogens is 2. The summed E-state index contributed by atoms with van der Waals surface area (Å²) in [6.45, 7) is 0.183. The second kappa shape index (κ2) is 4.48. The third kappa shape index (κ3) is 2.14. The van der Waals surface area contributed by atoms with E-state index in [2.05, 4.69) is 0 Å². The van der Waals surface area contributed by atoms with Crippen molar-refractivity contribution in [2.24, 2.45) is 0 Å². The van der Waals surface area contributed by atoms with Crippen molar-refractivity contribution < 1.29 is 13.2 Å². The van der Waals surface area contributed by atoms with Crippen molar-refractivity contribution >= 4 is 39.1 Å². The van der Waals surface area contributed by atoms with Crippen molar-refractivity contribution in [3.63, 3.8) is 0 Å². The Morgan fingerprint density at radius 2 is 1.76 bits per heavy atom. The molecule has 0 spiro atoms. The molecule has 0 radical (unpaired) electrons. The van der Waals surface area contributed by atoms with Gasteiger partial charge in [0.1, 0.15) is 4.90 Å². The van der Waals surface area contributed by atoms with Crippen LogP contribution in [0, 0.1) is 0 Å². The Labute approximate surface area is 109 Å². The van der Waals surface area contributed by atoms with E-state index in [0.29, 0.717) is 6.42 Å². The number of rotatable bonds is 2. The molecule has 1 aromatic carbocycles. The fourth-order valence-electron chi connectivity index (χ4n) is 1.72. The average Bonchev–Trinajstić information content (AvgIpc) is 2.64. The van der Waals surface area contributed by atoms with E-state index in [1.165, 1.54) is 12.1 Å². The summed E-state index contributed by atoms with van der Waals surface area (Å²) in [5.41, 5.74) is 0. The van der Waals surface area contributed by atoms with Crippen molar-refractivity contribution in [2.45, 2.75) is 17.7 Å². The summed E-state index contributed by atoms with van der Waals surface area (Å²) >= 11 is 11.7. The van der Waals surface area contributed by atoms with Gasteiger partial charge in [0.2, 0.25) is 5.91 Å². The molecule has 17 heavy (non-hydrogen) atoms. The molecule has 2 rings (SSSR count). The summed E-state index contributed by atoms with van der Waals surface area (Å²) in [5, 5.41) is 0.0504. The highest BCUT2D eigenvalue weighted by atomic mass is 35.5. The molecular formula is C10H9Cl2NO3S. The first kappa shape index (κ1) is 12.7. The maximum absolute atomic E-state index is 12.2. The van der Waals surface area contributed by atoms with Gasteiger partial charge in [0, 0.05) is 13.0 Å². The summed E-state index contributed by atoms with van der Waals surface area (Å²) in [7, 11) is -3.93. The lowest BCUT2D eigenvalue weighted by molar-refractivity contribution is -0.123. The lowest BCUT2D eigenvalue weighted by atomic mass is 10.4. The Bertz CT molecular complexity index is 551. The lowest BCUT2D eigenvalue weighted by Crippen LogP contribution is -2.32.